The Morgan fingerprint density at radius 1 is 1.25 bits per heavy atom. The van der Waals surface area contributed by atoms with Crippen molar-refractivity contribution in [1.29, 1.82) is 0 Å². The number of halogens is 3. The number of H-pyrrole nitrogens is 1. The van der Waals surface area contributed by atoms with E-state index in [4.69, 9.17) is 4.74 Å². The van der Waals surface area contributed by atoms with Gasteiger partial charge in [0.25, 0.3) is 0 Å². The summed E-state index contributed by atoms with van der Waals surface area (Å²) in [7, 11) is -4.48. The highest BCUT2D eigenvalue weighted by Gasteiger charge is 2.49. The summed E-state index contributed by atoms with van der Waals surface area (Å²) >= 11 is 0. The summed E-state index contributed by atoms with van der Waals surface area (Å²) in [6, 6.07) is 2.07. The Balaban J connectivity index is 1.90. The van der Waals surface area contributed by atoms with Crippen molar-refractivity contribution >= 4 is 22.1 Å². The van der Waals surface area contributed by atoms with Gasteiger partial charge in [0.2, 0.25) is 5.90 Å². The lowest BCUT2D eigenvalue weighted by Gasteiger charge is -2.16. The van der Waals surface area contributed by atoms with Crippen LogP contribution in [-0.4, -0.2) is 31.9 Å². The Bertz CT molecular complexity index is 1010. The number of methoxy groups -OCH3 is 1. The number of aromatic amines is 1. The summed E-state index contributed by atoms with van der Waals surface area (Å²) in [5.41, 5.74) is -2.13. The molecule has 1 aromatic rings. The lowest BCUT2D eigenvalue weighted by molar-refractivity contribution is -0.0504. The van der Waals surface area contributed by atoms with E-state index >= 15 is 0 Å². The van der Waals surface area contributed by atoms with Crippen LogP contribution in [0.25, 0.3) is 6.08 Å². The zero-order chi connectivity index (χ0) is 23.4. The number of fused-ring (bicyclic) bond motifs is 1. The second kappa shape index (κ2) is 10.1. The molecule has 6 nitrogen and oxygen atoms in total. The average Bonchev–Trinajstić information content (AvgIpc) is 3.30. The minimum atomic E-state index is -5.81. The lowest BCUT2D eigenvalue weighted by Crippen LogP contribution is -2.27. The van der Waals surface area contributed by atoms with Crippen LogP contribution in [0.3, 0.4) is 0 Å². The van der Waals surface area contributed by atoms with Crippen molar-refractivity contribution in [3.8, 4) is 0 Å². The highest BCUT2D eigenvalue weighted by Crippen LogP contribution is 2.35. The summed E-state index contributed by atoms with van der Waals surface area (Å²) in [5.74, 6) is -0.0989. The molecule has 2 heterocycles. The van der Waals surface area contributed by atoms with Gasteiger partial charge in [-0.3, -0.25) is 0 Å². The topological polar surface area (TPSA) is 80.8 Å². The van der Waals surface area contributed by atoms with Crippen LogP contribution in [-0.2, 0) is 25.5 Å². The molecular weight excluding hydrogens is 445 g/mol. The second-order valence-corrected chi connectivity index (χ2v) is 9.66. The maximum Gasteiger partial charge on any atom is 0.534 e. The van der Waals surface area contributed by atoms with Crippen molar-refractivity contribution in [3.05, 3.63) is 40.5 Å². The number of nitrogens with one attached hydrogen (secondary N) is 1. The predicted molar refractivity (Wildman–Crippen MR) is 116 cm³/mol. The number of aryl methyl sites for hydroxylation is 1. The summed E-state index contributed by atoms with van der Waals surface area (Å²) < 4.78 is 69.8. The number of unbranched alkanes of at least 4 members (excludes halogenated alkanes) is 1. The van der Waals surface area contributed by atoms with Crippen LogP contribution in [0.15, 0.2) is 28.6 Å². The van der Waals surface area contributed by atoms with E-state index in [2.05, 4.69) is 27.1 Å². The quantitative estimate of drug-likeness (QED) is 0.408. The molecule has 0 saturated heterocycles. The summed E-state index contributed by atoms with van der Waals surface area (Å²) in [5, 5.41) is 0. The number of nitrogens with zero attached hydrogens (tertiary/aromatic N) is 1. The lowest BCUT2D eigenvalue weighted by atomic mass is 9.89. The van der Waals surface area contributed by atoms with Gasteiger partial charge in [0.05, 0.1) is 7.11 Å². The molecule has 1 aliphatic heterocycles. The molecule has 32 heavy (non-hydrogen) atoms. The molecule has 3 rings (SSSR count). The smallest absolute Gasteiger partial charge is 0.494 e. The molecule has 1 N–H and O–H groups in total. The molecule has 1 aliphatic carbocycles. The third-order valence-electron chi connectivity index (χ3n) is 5.76. The van der Waals surface area contributed by atoms with Gasteiger partial charge in [0, 0.05) is 17.5 Å². The molecule has 0 radical (unpaired) electrons. The molecule has 0 fully saturated rings. The average molecular weight is 475 g/mol. The first-order valence-electron chi connectivity index (χ1n) is 10.9. The van der Waals surface area contributed by atoms with Gasteiger partial charge >= 0.3 is 15.6 Å². The van der Waals surface area contributed by atoms with Gasteiger partial charge < -0.3 is 13.9 Å². The van der Waals surface area contributed by atoms with Crippen LogP contribution < -0.4 is 0 Å². The van der Waals surface area contributed by atoms with Crippen molar-refractivity contribution < 1.29 is 30.5 Å². The maximum atomic E-state index is 12.6. The number of aliphatic imine (C=N–C) groups is 1. The van der Waals surface area contributed by atoms with E-state index < -0.39 is 21.5 Å². The second-order valence-electron chi connectivity index (χ2n) is 8.13. The van der Waals surface area contributed by atoms with Crippen LogP contribution in [0.2, 0.25) is 0 Å². The number of hydrogen-bond donors (Lipinski definition) is 1. The SMILES string of the molecule is CCCC[C@H]1CCCCCCc2[nH]c(/C=C3\N=C(OS(=O)(=O)C(F)(F)F)C=C3OC)cc21. The normalized spacial score (nSPS) is 21.3. The molecule has 0 amide bonds. The molecule has 178 valence electrons. The van der Waals surface area contributed by atoms with E-state index in [9.17, 15) is 21.6 Å². The fourth-order valence-corrected chi connectivity index (χ4v) is 4.55. The highest BCUT2D eigenvalue weighted by molar-refractivity contribution is 7.88. The minimum absolute atomic E-state index is 0.124. The van der Waals surface area contributed by atoms with Crippen molar-refractivity contribution in [2.45, 2.75) is 76.1 Å². The highest BCUT2D eigenvalue weighted by atomic mass is 32.2. The Labute approximate surface area is 186 Å². The fourth-order valence-electron chi connectivity index (χ4n) is 4.15. The largest absolute Gasteiger partial charge is 0.534 e. The third kappa shape index (κ3) is 5.76. The van der Waals surface area contributed by atoms with Crippen LogP contribution in [0.5, 0.6) is 0 Å². The van der Waals surface area contributed by atoms with E-state index in [0.29, 0.717) is 5.92 Å². The number of ether oxygens (including phenoxy) is 1. The number of aromatic nitrogens is 1. The first-order valence-corrected chi connectivity index (χ1v) is 12.3. The van der Waals surface area contributed by atoms with Crippen molar-refractivity contribution in [1.82, 2.24) is 4.98 Å². The maximum absolute atomic E-state index is 12.6. The van der Waals surface area contributed by atoms with E-state index in [0.717, 1.165) is 50.3 Å². The molecule has 10 heteroatoms. The first kappa shape index (κ1) is 24.4. The molecule has 1 aromatic heterocycles. The van der Waals surface area contributed by atoms with E-state index in [-0.39, 0.29) is 11.5 Å². The van der Waals surface area contributed by atoms with E-state index in [1.807, 2.05) is 0 Å². The monoisotopic (exact) mass is 474 g/mol. The molecular formula is C22H29F3N2O4S. The third-order valence-corrected chi connectivity index (χ3v) is 6.72. The van der Waals surface area contributed by atoms with Crippen molar-refractivity contribution in [3.63, 3.8) is 0 Å². The molecule has 1 atom stereocenters. The molecule has 0 bridgehead atoms. The van der Waals surface area contributed by atoms with Crippen molar-refractivity contribution in [2.24, 2.45) is 4.99 Å². The minimum Gasteiger partial charge on any atom is -0.494 e. The van der Waals surface area contributed by atoms with Gasteiger partial charge in [-0.05, 0) is 49.3 Å². The predicted octanol–water partition coefficient (Wildman–Crippen LogP) is 5.94. The number of alkyl halides is 3. The molecule has 2 aliphatic rings. The van der Waals surface area contributed by atoms with E-state index in [1.54, 1.807) is 6.08 Å². The van der Waals surface area contributed by atoms with Gasteiger partial charge in [0.15, 0.2) is 0 Å². The van der Waals surface area contributed by atoms with E-state index in [1.165, 1.54) is 37.6 Å². The summed E-state index contributed by atoms with van der Waals surface area (Å²) in [6.45, 7) is 2.18. The molecule has 0 spiro atoms. The van der Waals surface area contributed by atoms with Crippen LogP contribution in [0, 0.1) is 0 Å². The van der Waals surface area contributed by atoms with Gasteiger partial charge in [-0.2, -0.15) is 21.6 Å². The first-order chi connectivity index (χ1) is 15.1. The molecule has 0 aromatic carbocycles. The zero-order valence-electron chi connectivity index (χ0n) is 18.3. The number of rotatable bonds is 6. The number of hydrogen-bond acceptors (Lipinski definition) is 5. The van der Waals surface area contributed by atoms with Crippen LogP contribution in [0.4, 0.5) is 13.2 Å². The standard InChI is InChI=1S/C22H29F3N2O4S/c1-3-4-9-15-10-7-5-6-8-11-18-17(15)12-16(26-18)13-19-20(30-2)14-21(27-19)31-32(28,29)22(23,24)25/h12-15,26H,3-11H2,1-2H3/b19-13-/t15-/m0/s1. The van der Waals surface area contributed by atoms with Crippen molar-refractivity contribution in [2.75, 3.05) is 7.11 Å². The summed E-state index contributed by atoms with van der Waals surface area (Å²) in [4.78, 5) is 7.33. The van der Waals surface area contributed by atoms with Gasteiger partial charge in [-0.1, -0.05) is 39.0 Å². The van der Waals surface area contributed by atoms with Gasteiger partial charge in [-0.15, -0.1) is 0 Å². The van der Waals surface area contributed by atoms with Crippen LogP contribution >= 0.6 is 0 Å². The molecule has 0 saturated carbocycles. The fraction of sp³-hybridized carbons (Fsp3) is 0.591. The van der Waals surface area contributed by atoms with Gasteiger partial charge in [0.1, 0.15) is 11.5 Å². The summed E-state index contributed by atoms with van der Waals surface area (Å²) in [6.07, 6.45) is 12.9. The Kier molecular flexibility index (Phi) is 7.74. The van der Waals surface area contributed by atoms with Crippen LogP contribution in [0.1, 0.15) is 81.2 Å². The van der Waals surface area contributed by atoms with Gasteiger partial charge in [-0.25, -0.2) is 4.99 Å². The Morgan fingerprint density at radius 2 is 2.00 bits per heavy atom. The Morgan fingerprint density at radius 3 is 2.69 bits per heavy atom. The molecule has 0 unspecified atom stereocenters. The Hall–Kier alpha value is -2.23. The zero-order valence-corrected chi connectivity index (χ0v) is 19.1.